The van der Waals surface area contributed by atoms with Crippen LogP contribution in [0.25, 0.3) is 32.7 Å². The Morgan fingerprint density at radius 3 is 2.14 bits per heavy atom. The van der Waals surface area contributed by atoms with Crippen molar-refractivity contribution >= 4 is 44.1 Å². The van der Waals surface area contributed by atoms with Crippen LogP contribution in [-0.2, 0) is 0 Å². The molecule has 98 valence electrons. The van der Waals surface area contributed by atoms with Crippen molar-refractivity contribution < 1.29 is 0 Å². The summed E-state index contributed by atoms with van der Waals surface area (Å²) in [6.07, 6.45) is 0. The van der Waals surface area contributed by atoms with Gasteiger partial charge in [0.1, 0.15) is 0 Å². The zero-order chi connectivity index (χ0) is 14.2. The number of rotatable bonds is 1. The quantitative estimate of drug-likeness (QED) is 0.364. The molecule has 0 aliphatic heterocycles. The topological polar surface area (TPSA) is 0 Å². The number of hydrogen-bond donors (Lipinski definition) is 0. The SMILES string of the molecule is Ic1ccc2c(-c3[c]ccc4ccccc34)[c]ccc2c1. The molecule has 4 aromatic rings. The third-order valence-electron chi connectivity index (χ3n) is 3.74. The summed E-state index contributed by atoms with van der Waals surface area (Å²) in [6, 6.07) is 30.0. The van der Waals surface area contributed by atoms with Gasteiger partial charge in [0.05, 0.1) is 0 Å². The van der Waals surface area contributed by atoms with Crippen molar-refractivity contribution in [2.45, 2.75) is 0 Å². The fraction of sp³-hybridized carbons (Fsp3) is 0. The first-order chi connectivity index (χ1) is 10.3. The Bertz CT molecular complexity index is 949. The van der Waals surface area contributed by atoms with Crippen molar-refractivity contribution in [1.29, 1.82) is 0 Å². The van der Waals surface area contributed by atoms with E-state index in [-0.39, 0.29) is 0 Å². The highest BCUT2D eigenvalue weighted by Gasteiger charge is 2.08. The lowest BCUT2D eigenvalue weighted by Gasteiger charge is -2.09. The highest BCUT2D eigenvalue weighted by Crippen LogP contribution is 2.33. The molecule has 0 aliphatic rings. The Kier molecular flexibility index (Phi) is 3.15. The van der Waals surface area contributed by atoms with Gasteiger partial charge in [-0.3, -0.25) is 0 Å². The van der Waals surface area contributed by atoms with Gasteiger partial charge < -0.3 is 0 Å². The first-order valence-corrected chi connectivity index (χ1v) is 7.90. The van der Waals surface area contributed by atoms with Crippen LogP contribution in [0, 0.1) is 15.7 Å². The van der Waals surface area contributed by atoms with Crippen LogP contribution in [0.4, 0.5) is 0 Å². The van der Waals surface area contributed by atoms with Crippen LogP contribution in [0.2, 0.25) is 0 Å². The maximum atomic E-state index is 3.41. The minimum absolute atomic E-state index is 1.12. The van der Waals surface area contributed by atoms with E-state index >= 15 is 0 Å². The van der Waals surface area contributed by atoms with E-state index in [1.807, 2.05) is 12.1 Å². The summed E-state index contributed by atoms with van der Waals surface area (Å²) in [5.41, 5.74) is 2.25. The Morgan fingerprint density at radius 2 is 1.33 bits per heavy atom. The lowest BCUT2D eigenvalue weighted by atomic mass is 9.94. The fourth-order valence-corrected chi connectivity index (χ4v) is 3.28. The van der Waals surface area contributed by atoms with Crippen LogP contribution < -0.4 is 0 Å². The van der Waals surface area contributed by atoms with E-state index in [2.05, 4.69) is 89.3 Å². The third-order valence-corrected chi connectivity index (χ3v) is 4.42. The lowest BCUT2D eigenvalue weighted by molar-refractivity contribution is 1.65. The monoisotopic (exact) mass is 378 g/mol. The van der Waals surface area contributed by atoms with E-state index in [0.717, 1.165) is 11.1 Å². The molecule has 0 atom stereocenters. The number of hydrogen-bond acceptors (Lipinski definition) is 0. The molecule has 0 N–H and O–H groups in total. The molecule has 0 fully saturated rings. The van der Waals surface area contributed by atoms with Gasteiger partial charge in [0, 0.05) is 3.57 Å². The maximum Gasteiger partial charge on any atom is 0.0136 e. The van der Waals surface area contributed by atoms with E-state index in [1.165, 1.54) is 25.1 Å². The van der Waals surface area contributed by atoms with Gasteiger partial charge in [-0.05, 0) is 79.5 Å². The zero-order valence-corrected chi connectivity index (χ0v) is 13.4. The molecule has 0 saturated carbocycles. The van der Waals surface area contributed by atoms with Gasteiger partial charge >= 0.3 is 0 Å². The molecule has 0 bridgehead atoms. The van der Waals surface area contributed by atoms with Crippen LogP contribution in [0.3, 0.4) is 0 Å². The number of halogens is 1. The third kappa shape index (κ3) is 2.22. The highest BCUT2D eigenvalue weighted by atomic mass is 127. The average molecular weight is 378 g/mol. The molecular weight excluding hydrogens is 367 g/mol. The molecule has 0 heterocycles. The van der Waals surface area contributed by atoms with E-state index < -0.39 is 0 Å². The first kappa shape index (κ1) is 12.8. The lowest BCUT2D eigenvalue weighted by Crippen LogP contribution is -1.85. The van der Waals surface area contributed by atoms with E-state index in [0.29, 0.717) is 0 Å². The van der Waals surface area contributed by atoms with Crippen LogP contribution in [0.5, 0.6) is 0 Å². The molecule has 0 amide bonds. The molecule has 0 spiro atoms. The van der Waals surface area contributed by atoms with Crippen molar-refractivity contribution in [1.82, 2.24) is 0 Å². The van der Waals surface area contributed by atoms with Crippen LogP contribution in [0.15, 0.2) is 66.7 Å². The van der Waals surface area contributed by atoms with Crippen LogP contribution in [-0.4, -0.2) is 0 Å². The summed E-state index contributed by atoms with van der Waals surface area (Å²) in [7, 11) is 0. The van der Waals surface area contributed by atoms with E-state index in [4.69, 9.17) is 0 Å². The maximum absolute atomic E-state index is 3.41. The van der Waals surface area contributed by atoms with Crippen molar-refractivity contribution in [3.05, 3.63) is 82.4 Å². The number of benzene rings is 4. The van der Waals surface area contributed by atoms with Crippen molar-refractivity contribution in [3.63, 3.8) is 0 Å². The summed E-state index contributed by atoms with van der Waals surface area (Å²) in [6.45, 7) is 0. The summed E-state index contributed by atoms with van der Waals surface area (Å²) in [4.78, 5) is 0. The normalized spacial score (nSPS) is 11.1. The Morgan fingerprint density at radius 1 is 0.667 bits per heavy atom. The second-order valence-corrected chi connectivity index (χ2v) is 6.27. The minimum Gasteiger partial charge on any atom is -0.0616 e. The second kappa shape index (κ2) is 5.15. The Hall–Kier alpha value is -1.87. The second-order valence-electron chi connectivity index (χ2n) is 5.02. The average Bonchev–Trinajstić information content (AvgIpc) is 2.53. The van der Waals surface area contributed by atoms with Crippen molar-refractivity contribution in [2.24, 2.45) is 0 Å². The summed E-state index contributed by atoms with van der Waals surface area (Å²) in [5.74, 6) is 0. The van der Waals surface area contributed by atoms with Gasteiger partial charge in [0.2, 0.25) is 0 Å². The standard InChI is InChI=1S/C20H11I/c21-16-11-12-18-15(13-16)7-4-10-20(18)19-9-3-6-14-5-1-2-8-17(14)19/h1-8,11-13H. The van der Waals surface area contributed by atoms with Gasteiger partial charge in [-0.2, -0.15) is 0 Å². The van der Waals surface area contributed by atoms with Crippen LogP contribution in [0.1, 0.15) is 0 Å². The van der Waals surface area contributed by atoms with Gasteiger partial charge in [0.15, 0.2) is 0 Å². The van der Waals surface area contributed by atoms with Gasteiger partial charge in [-0.1, -0.05) is 54.6 Å². The zero-order valence-electron chi connectivity index (χ0n) is 11.2. The molecule has 0 aliphatic carbocycles. The minimum atomic E-state index is 1.12. The molecule has 4 aromatic carbocycles. The summed E-state index contributed by atoms with van der Waals surface area (Å²) in [5, 5.41) is 4.94. The fourth-order valence-electron chi connectivity index (χ4n) is 2.77. The first-order valence-electron chi connectivity index (χ1n) is 6.83. The van der Waals surface area contributed by atoms with Gasteiger partial charge in [0.25, 0.3) is 0 Å². The van der Waals surface area contributed by atoms with E-state index in [9.17, 15) is 0 Å². The van der Waals surface area contributed by atoms with Gasteiger partial charge in [-0.25, -0.2) is 0 Å². The molecule has 2 radical (unpaired) electrons. The predicted octanol–water partition coefficient (Wildman–Crippen LogP) is 5.86. The van der Waals surface area contributed by atoms with Gasteiger partial charge in [-0.15, -0.1) is 0 Å². The summed E-state index contributed by atoms with van der Waals surface area (Å²) >= 11 is 2.35. The van der Waals surface area contributed by atoms with E-state index in [1.54, 1.807) is 0 Å². The van der Waals surface area contributed by atoms with Crippen LogP contribution >= 0.6 is 22.6 Å². The Balaban J connectivity index is 2.09. The smallest absolute Gasteiger partial charge is 0.0136 e. The molecule has 21 heavy (non-hydrogen) atoms. The molecule has 4 rings (SSSR count). The van der Waals surface area contributed by atoms with Crippen molar-refractivity contribution in [3.8, 4) is 11.1 Å². The Labute approximate surface area is 137 Å². The largest absolute Gasteiger partial charge is 0.0616 e. The molecule has 0 nitrogen and oxygen atoms in total. The predicted molar refractivity (Wildman–Crippen MR) is 97.3 cm³/mol. The molecule has 0 unspecified atom stereocenters. The summed E-state index contributed by atoms with van der Waals surface area (Å²) < 4.78 is 1.25. The molecule has 0 aromatic heterocycles. The molecule has 0 saturated heterocycles. The molecular formula is C20H11I. The highest BCUT2D eigenvalue weighted by molar-refractivity contribution is 14.1. The molecule has 1 heteroatoms. The van der Waals surface area contributed by atoms with Crippen molar-refractivity contribution in [2.75, 3.05) is 0 Å². The number of fused-ring (bicyclic) bond motifs is 2.